The van der Waals surface area contributed by atoms with Gasteiger partial charge in [-0.3, -0.25) is 0 Å². The lowest BCUT2D eigenvalue weighted by Crippen LogP contribution is -1.97. The van der Waals surface area contributed by atoms with Gasteiger partial charge in [-0.1, -0.05) is 24.6 Å². The Morgan fingerprint density at radius 3 is 3.00 bits per heavy atom. The number of nitrogens with zero attached hydrogens (tertiary/aromatic N) is 1. The number of aryl methyl sites for hydroxylation is 2. The molecule has 0 fully saturated rings. The average Bonchev–Trinajstić information content (AvgIpc) is 2.79. The van der Waals surface area contributed by atoms with Gasteiger partial charge in [-0.25, -0.2) is 4.98 Å². The number of benzene rings is 1. The number of ether oxygens (including phenoxy) is 1. The van der Waals surface area contributed by atoms with Crippen LogP contribution in [-0.4, -0.2) is 4.98 Å². The molecule has 0 aliphatic carbocycles. The largest absolute Gasteiger partial charge is 0.487 e. The summed E-state index contributed by atoms with van der Waals surface area (Å²) in [6.07, 6.45) is 2.17. The molecule has 4 heteroatoms. The third-order valence-corrected chi connectivity index (χ3v) is 3.78. The Kier molecular flexibility index (Phi) is 4.61. The predicted octanol–water partition coefficient (Wildman–Crippen LogP) is 4.64. The zero-order chi connectivity index (χ0) is 13.0. The van der Waals surface area contributed by atoms with Crippen molar-refractivity contribution in [2.45, 2.75) is 33.3 Å². The number of thiazole rings is 1. The number of hydrogen-bond donors (Lipinski definition) is 0. The van der Waals surface area contributed by atoms with E-state index in [2.05, 4.69) is 17.3 Å². The van der Waals surface area contributed by atoms with E-state index in [1.165, 1.54) is 5.01 Å². The Morgan fingerprint density at radius 2 is 2.22 bits per heavy atom. The topological polar surface area (TPSA) is 22.1 Å². The molecule has 0 unspecified atom stereocenters. The van der Waals surface area contributed by atoms with Crippen LogP contribution >= 0.6 is 22.9 Å². The molecule has 0 bridgehead atoms. The van der Waals surface area contributed by atoms with Gasteiger partial charge in [-0.05, 0) is 37.5 Å². The van der Waals surface area contributed by atoms with E-state index in [9.17, 15) is 0 Å². The predicted molar refractivity (Wildman–Crippen MR) is 76.6 cm³/mol. The van der Waals surface area contributed by atoms with Crippen molar-refractivity contribution >= 4 is 22.9 Å². The molecule has 18 heavy (non-hydrogen) atoms. The maximum Gasteiger partial charge on any atom is 0.131 e. The highest BCUT2D eigenvalue weighted by Gasteiger charge is 2.04. The van der Waals surface area contributed by atoms with Gasteiger partial charge in [0.1, 0.15) is 12.4 Å². The zero-order valence-electron chi connectivity index (χ0n) is 10.6. The van der Waals surface area contributed by atoms with E-state index in [1.807, 2.05) is 25.1 Å². The first kappa shape index (κ1) is 13.4. The van der Waals surface area contributed by atoms with Gasteiger partial charge in [0.25, 0.3) is 0 Å². The second-order valence-electron chi connectivity index (χ2n) is 4.18. The maximum absolute atomic E-state index is 5.95. The number of hydrogen-bond acceptors (Lipinski definition) is 3. The molecule has 0 aliphatic rings. The van der Waals surface area contributed by atoms with Crippen LogP contribution in [0, 0.1) is 6.92 Å². The van der Waals surface area contributed by atoms with Gasteiger partial charge < -0.3 is 4.74 Å². The first-order valence-corrected chi connectivity index (χ1v) is 7.27. The van der Waals surface area contributed by atoms with E-state index in [-0.39, 0.29) is 0 Å². The Labute approximate surface area is 117 Å². The minimum Gasteiger partial charge on any atom is -0.487 e. The van der Waals surface area contributed by atoms with Gasteiger partial charge in [0.2, 0.25) is 0 Å². The molecule has 0 N–H and O–H groups in total. The Morgan fingerprint density at radius 1 is 1.39 bits per heavy atom. The van der Waals surface area contributed by atoms with Gasteiger partial charge >= 0.3 is 0 Å². The molecule has 0 spiro atoms. The summed E-state index contributed by atoms with van der Waals surface area (Å²) in [6.45, 7) is 4.67. The number of halogens is 1. The molecule has 1 heterocycles. The van der Waals surface area contributed by atoms with Gasteiger partial charge in [-0.2, -0.15) is 0 Å². The van der Waals surface area contributed by atoms with Crippen LogP contribution in [0.25, 0.3) is 0 Å². The van der Waals surface area contributed by atoms with Crippen molar-refractivity contribution in [1.82, 2.24) is 4.98 Å². The van der Waals surface area contributed by atoms with Crippen LogP contribution in [0.2, 0.25) is 5.02 Å². The SMILES string of the molecule is CCCc1nc(COc2cc(Cl)ccc2C)cs1. The molecular formula is C14H16ClNOS. The normalized spacial score (nSPS) is 10.6. The molecule has 2 aromatic rings. The molecule has 2 rings (SSSR count). The van der Waals surface area contributed by atoms with E-state index in [1.54, 1.807) is 11.3 Å². The second-order valence-corrected chi connectivity index (χ2v) is 5.56. The highest BCUT2D eigenvalue weighted by molar-refractivity contribution is 7.09. The smallest absolute Gasteiger partial charge is 0.131 e. The third-order valence-electron chi connectivity index (χ3n) is 2.59. The fourth-order valence-electron chi connectivity index (χ4n) is 1.63. The lowest BCUT2D eigenvalue weighted by molar-refractivity contribution is 0.300. The van der Waals surface area contributed by atoms with Crippen molar-refractivity contribution in [3.63, 3.8) is 0 Å². The van der Waals surface area contributed by atoms with Crippen molar-refractivity contribution in [1.29, 1.82) is 0 Å². The molecule has 0 aliphatic heterocycles. The van der Waals surface area contributed by atoms with Crippen molar-refractivity contribution in [2.75, 3.05) is 0 Å². The quantitative estimate of drug-likeness (QED) is 0.797. The lowest BCUT2D eigenvalue weighted by atomic mass is 10.2. The monoisotopic (exact) mass is 281 g/mol. The molecule has 0 atom stereocenters. The second kappa shape index (κ2) is 6.21. The van der Waals surface area contributed by atoms with Crippen LogP contribution < -0.4 is 4.74 Å². The molecule has 0 saturated carbocycles. The zero-order valence-corrected chi connectivity index (χ0v) is 12.1. The highest BCUT2D eigenvalue weighted by atomic mass is 35.5. The molecular weight excluding hydrogens is 266 g/mol. The van der Waals surface area contributed by atoms with Crippen LogP contribution in [0.5, 0.6) is 5.75 Å². The van der Waals surface area contributed by atoms with E-state index < -0.39 is 0 Å². The van der Waals surface area contributed by atoms with Crippen LogP contribution in [0.3, 0.4) is 0 Å². The molecule has 2 nitrogen and oxygen atoms in total. The van der Waals surface area contributed by atoms with Crippen molar-refractivity contribution in [3.8, 4) is 5.75 Å². The van der Waals surface area contributed by atoms with Gasteiger partial charge in [0.05, 0.1) is 10.7 Å². The fourth-order valence-corrected chi connectivity index (χ4v) is 2.67. The summed E-state index contributed by atoms with van der Waals surface area (Å²) in [6, 6.07) is 5.67. The Bertz CT molecular complexity index is 524. The summed E-state index contributed by atoms with van der Waals surface area (Å²) in [5.41, 5.74) is 2.08. The molecule has 0 amide bonds. The fraction of sp³-hybridized carbons (Fsp3) is 0.357. The molecule has 1 aromatic carbocycles. The minimum atomic E-state index is 0.501. The van der Waals surface area contributed by atoms with Crippen LogP contribution in [0.4, 0.5) is 0 Å². The Hall–Kier alpha value is -1.06. The van der Waals surface area contributed by atoms with E-state index in [4.69, 9.17) is 16.3 Å². The van der Waals surface area contributed by atoms with Gasteiger partial charge in [0, 0.05) is 10.4 Å². The summed E-state index contributed by atoms with van der Waals surface area (Å²) in [4.78, 5) is 4.53. The standard InChI is InChI=1S/C14H16ClNOS/c1-3-4-14-16-12(9-18-14)8-17-13-7-11(15)6-5-10(13)2/h5-7,9H,3-4,8H2,1-2H3. The number of rotatable bonds is 5. The van der Waals surface area contributed by atoms with Gasteiger partial charge in [-0.15, -0.1) is 11.3 Å². The first-order chi connectivity index (χ1) is 8.69. The van der Waals surface area contributed by atoms with Crippen LogP contribution in [0.15, 0.2) is 23.6 Å². The van der Waals surface area contributed by atoms with Crippen LogP contribution in [-0.2, 0) is 13.0 Å². The number of aromatic nitrogens is 1. The molecule has 96 valence electrons. The molecule has 1 aromatic heterocycles. The average molecular weight is 282 g/mol. The summed E-state index contributed by atoms with van der Waals surface area (Å²) in [5, 5.41) is 3.93. The maximum atomic E-state index is 5.95. The van der Waals surface area contributed by atoms with Crippen molar-refractivity contribution in [2.24, 2.45) is 0 Å². The molecule has 0 saturated heterocycles. The van der Waals surface area contributed by atoms with E-state index >= 15 is 0 Å². The lowest BCUT2D eigenvalue weighted by Gasteiger charge is -2.07. The van der Waals surface area contributed by atoms with Crippen molar-refractivity contribution < 1.29 is 4.74 Å². The van der Waals surface area contributed by atoms with E-state index in [0.29, 0.717) is 11.6 Å². The Balaban J connectivity index is 1.99. The minimum absolute atomic E-state index is 0.501. The molecule has 0 radical (unpaired) electrons. The summed E-state index contributed by atoms with van der Waals surface area (Å²) in [5.74, 6) is 0.826. The van der Waals surface area contributed by atoms with Gasteiger partial charge in [0.15, 0.2) is 0 Å². The van der Waals surface area contributed by atoms with Crippen LogP contribution in [0.1, 0.15) is 29.6 Å². The van der Waals surface area contributed by atoms with Crippen molar-refractivity contribution in [3.05, 3.63) is 44.9 Å². The third kappa shape index (κ3) is 3.47. The first-order valence-electron chi connectivity index (χ1n) is 6.01. The summed E-state index contributed by atoms with van der Waals surface area (Å²) < 4.78 is 5.75. The highest BCUT2D eigenvalue weighted by Crippen LogP contribution is 2.23. The summed E-state index contributed by atoms with van der Waals surface area (Å²) in [7, 11) is 0. The summed E-state index contributed by atoms with van der Waals surface area (Å²) >= 11 is 7.65. The van der Waals surface area contributed by atoms with E-state index in [0.717, 1.165) is 29.8 Å².